The van der Waals surface area contributed by atoms with Crippen LogP contribution in [0.25, 0.3) is 0 Å². The minimum atomic E-state index is -3.41. The van der Waals surface area contributed by atoms with E-state index in [2.05, 4.69) is 4.18 Å². The van der Waals surface area contributed by atoms with E-state index in [9.17, 15) is 9.00 Å². The Hall–Kier alpha value is -1.36. The van der Waals surface area contributed by atoms with Crippen molar-refractivity contribution >= 4 is 16.0 Å². The van der Waals surface area contributed by atoms with Gasteiger partial charge in [-0.15, -0.1) is 0 Å². The summed E-state index contributed by atoms with van der Waals surface area (Å²) in [7, 11) is -3.41. The molecule has 1 unspecified atom stereocenters. The lowest BCUT2D eigenvalue weighted by Gasteiger charge is -2.05. The minimum absolute atomic E-state index is 0.199. The highest BCUT2D eigenvalue weighted by Gasteiger charge is 2.12. The summed E-state index contributed by atoms with van der Waals surface area (Å²) >= 11 is 0. The Labute approximate surface area is 76.7 Å². The molecule has 13 heavy (non-hydrogen) atoms. The molecule has 0 fully saturated rings. The van der Waals surface area contributed by atoms with Crippen molar-refractivity contribution < 1.29 is 13.2 Å². The summed E-state index contributed by atoms with van der Waals surface area (Å²) in [5.74, 6) is -0.719. The summed E-state index contributed by atoms with van der Waals surface area (Å²) in [6.45, 7) is 1.12. The van der Waals surface area contributed by atoms with Crippen molar-refractivity contribution in [2.24, 2.45) is 0 Å². The van der Waals surface area contributed by atoms with Gasteiger partial charge < -0.3 is 4.18 Å². The summed E-state index contributed by atoms with van der Waals surface area (Å²) in [4.78, 5) is 10.7. The van der Waals surface area contributed by atoms with Crippen molar-refractivity contribution in [1.29, 1.82) is 4.78 Å². The second kappa shape index (κ2) is 3.57. The van der Waals surface area contributed by atoms with Crippen LogP contribution in [0.2, 0.25) is 0 Å². The van der Waals surface area contributed by atoms with Gasteiger partial charge in [-0.05, 0) is 12.1 Å². The van der Waals surface area contributed by atoms with Crippen molar-refractivity contribution in [1.82, 2.24) is 0 Å². The van der Waals surface area contributed by atoms with Gasteiger partial charge in [0, 0.05) is 6.92 Å². The fraction of sp³-hybridized carbons (Fsp3) is 0.125. The van der Waals surface area contributed by atoms with E-state index in [1.54, 1.807) is 18.2 Å². The lowest BCUT2D eigenvalue weighted by molar-refractivity contribution is -0.131. The summed E-state index contributed by atoms with van der Waals surface area (Å²) in [5.41, 5.74) is 0. The molecule has 0 spiro atoms. The van der Waals surface area contributed by atoms with E-state index >= 15 is 0 Å². The quantitative estimate of drug-likeness (QED) is 0.786. The molecule has 0 aromatic heterocycles. The van der Waals surface area contributed by atoms with E-state index in [1.165, 1.54) is 12.1 Å². The smallest absolute Gasteiger partial charge is 0.317 e. The van der Waals surface area contributed by atoms with Gasteiger partial charge in [-0.2, -0.15) is 0 Å². The molecule has 1 aromatic rings. The van der Waals surface area contributed by atoms with Crippen LogP contribution in [0.4, 0.5) is 0 Å². The zero-order valence-electron chi connectivity index (χ0n) is 7.02. The molecular formula is C8H9NO3S. The predicted octanol–water partition coefficient (Wildman–Crippen LogP) is 1.57. The zero-order valence-corrected chi connectivity index (χ0v) is 7.84. The Balaban J connectivity index is 3.02. The van der Waals surface area contributed by atoms with Gasteiger partial charge in [0.25, 0.3) is 0 Å². The average molecular weight is 199 g/mol. The second-order valence-electron chi connectivity index (χ2n) is 2.39. The van der Waals surface area contributed by atoms with Gasteiger partial charge in [-0.3, -0.25) is 4.79 Å². The van der Waals surface area contributed by atoms with Gasteiger partial charge in [-0.1, -0.05) is 18.2 Å². The van der Waals surface area contributed by atoms with Gasteiger partial charge in [0.1, 0.15) is 0 Å². The molecule has 5 heteroatoms. The first kappa shape index (κ1) is 9.73. The maximum absolute atomic E-state index is 11.4. The van der Waals surface area contributed by atoms with Crippen LogP contribution < -0.4 is 0 Å². The molecule has 1 atom stereocenters. The number of rotatable bonds is 2. The normalized spacial score (nSPS) is 14.5. The Kier molecular flexibility index (Phi) is 2.67. The molecule has 0 bridgehead atoms. The highest BCUT2D eigenvalue weighted by atomic mass is 32.2. The van der Waals surface area contributed by atoms with Gasteiger partial charge >= 0.3 is 5.97 Å². The van der Waals surface area contributed by atoms with Crippen molar-refractivity contribution in [2.75, 3.05) is 0 Å². The van der Waals surface area contributed by atoms with Crippen molar-refractivity contribution in [2.45, 2.75) is 11.8 Å². The third-order valence-corrected chi connectivity index (χ3v) is 2.65. The van der Waals surface area contributed by atoms with Gasteiger partial charge in [0.15, 0.2) is 0 Å². The molecule has 0 aliphatic heterocycles. The minimum Gasteiger partial charge on any atom is -0.356 e. The molecule has 1 aromatic carbocycles. The highest BCUT2D eigenvalue weighted by molar-refractivity contribution is 7.88. The third kappa shape index (κ3) is 2.55. The second-order valence-corrected chi connectivity index (χ2v) is 4.04. The largest absolute Gasteiger partial charge is 0.356 e. The zero-order chi connectivity index (χ0) is 9.90. The average Bonchev–Trinajstić information content (AvgIpc) is 2.04. The standard InChI is InChI=1S/C8H9NO3S/c1-7(10)12-13(9,11)8-5-3-2-4-6-8/h2-6,9H,1H3. The van der Waals surface area contributed by atoms with E-state index < -0.39 is 16.0 Å². The number of carbonyl (C=O) groups is 1. The fourth-order valence-electron chi connectivity index (χ4n) is 0.813. The lowest BCUT2D eigenvalue weighted by atomic mass is 10.4. The van der Waals surface area contributed by atoms with Crippen LogP contribution in [0.1, 0.15) is 6.92 Å². The highest BCUT2D eigenvalue weighted by Crippen LogP contribution is 2.11. The molecule has 1 rings (SSSR count). The molecular weight excluding hydrogens is 190 g/mol. The molecule has 1 N–H and O–H groups in total. The summed E-state index contributed by atoms with van der Waals surface area (Å²) in [6, 6.07) is 7.96. The van der Waals surface area contributed by atoms with Crippen LogP contribution in [0.15, 0.2) is 35.2 Å². The van der Waals surface area contributed by atoms with E-state index in [-0.39, 0.29) is 4.90 Å². The number of hydrogen-bond donors (Lipinski definition) is 1. The first-order chi connectivity index (χ1) is 6.02. The number of benzene rings is 1. The maximum Gasteiger partial charge on any atom is 0.317 e. The molecule has 0 saturated heterocycles. The Bertz CT molecular complexity index is 397. The molecule has 0 heterocycles. The van der Waals surface area contributed by atoms with E-state index in [1.807, 2.05) is 0 Å². The predicted molar refractivity (Wildman–Crippen MR) is 47.3 cm³/mol. The van der Waals surface area contributed by atoms with Crippen molar-refractivity contribution in [3.63, 3.8) is 0 Å². The van der Waals surface area contributed by atoms with Crippen molar-refractivity contribution in [3.05, 3.63) is 30.3 Å². The Morgan fingerprint density at radius 2 is 1.92 bits per heavy atom. The summed E-state index contributed by atoms with van der Waals surface area (Å²) in [5, 5.41) is 0. The van der Waals surface area contributed by atoms with E-state index in [0.717, 1.165) is 6.92 Å². The van der Waals surface area contributed by atoms with Gasteiger partial charge in [0.2, 0.25) is 10.0 Å². The molecule has 70 valence electrons. The summed E-state index contributed by atoms with van der Waals surface area (Å²) < 4.78 is 23.1. The van der Waals surface area contributed by atoms with Crippen LogP contribution in [0, 0.1) is 4.78 Å². The number of carbonyl (C=O) groups excluding carboxylic acids is 1. The first-order valence-corrected chi connectivity index (χ1v) is 5.04. The van der Waals surface area contributed by atoms with Crippen LogP contribution in [0.5, 0.6) is 0 Å². The van der Waals surface area contributed by atoms with Crippen LogP contribution in [-0.4, -0.2) is 10.2 Å². The molecule has 0 aliphatic rings. The molecule has 0 aliphatic carbocycles. The van der Waals surface area contributed by atoms with Gasteiger partial charge in [-0.25, -0.2) is 8.99 Å². The topological polar surface area (TPSA) is 67.2 Å². The maximum atomic E-state index is 11.4. The SMILES string of the molecule is CC(=O)OS(=N)(=O)c1ccccc1. The number of nitrogens with one attached hydrogen (secondary N) is 1. The summed E-state index contributed by atoms with van der Waals surface area (Å²) in [6.07, 6.45) is 0. The molecule has 4 nitrogen and oxygen atoms in total. The monoisotopic (exact) mass is 199 g/mol. The molecule has 0 saturated carbocycles. The first-order valence-electron chi connectivity index (χ1n) is 3.56. The third-order valence-electron chi connectivity index (χ3n) is 1.29. The van der Waals surface area contributed by atoms with Crippen LogP contribution in [0.3, 0.4) is 0 Å². The lowest BCUT2D eigenvalue weighted by Crippen LogP contribution is -2.08. The molecule has 0 amide bonds. The van der Waals surface area contributed by atoms with Gasteiger partial charge in [0.05, 0.1) is 4.90 Å². The van der Waals surface area contributed by atoms with Crippen molar-refractivity contribution in [3.8, 4) is 0 Å². The van der Waals surface area contributed by atoms with E-state index in [0.29, 0.717) is 0 Å². The van der Waals surface area contributed by atoms with Crippen LogP contribution in [-0.2, 0) is 19.0 Å². The fourth-order valence-corrected chi connectivity index (χ4v) is 1.76. The molecule has 0 radical (unpaired) electrons. The Morgan fingerprint density at radius 1 is 1.38 bits per heavy atom. The van der Waals surface area contributed by atoms with Crippen LogP contribution >= 0.6 is 0 Å². The number of hydrogen-bond acceptors (Lipinski definition) is 4. The van der Waals surface area contributed by atoms with E-state index in [4.69, 9.17) is 4.78 Å². The Morgan fingerprint density at radius 3 is 2.38 bits per heavy atom.